The monoisotopic (exact) mass is 136 g/mol. The van der Waals surface area contributed by atoms with E-state index in [0.717, 1.165) is 6.42 Å². The van der Waals surface area contributed by atoms with Crippen LogP contribution in [-0.4, -0.2) is 16.1 Å². The lowest BCUT2D eigenvalue weighted by atomic mass is 10.0. The largest absolute Gasteiger partial charge is 0.391 e. The van der Waals surface area contributed by atoms with Gasteiger partial charge in [-0.3, -0.25) is 0 Å². The molecule has 0 aromatic carbocycles. The Morgan fingerprint density at radius 2 is 2.00 bits per heavy atom. The fourth-order valence-electron chi connectivity index (χ4n) is 0.485. The minimum atomic E-state index is -0.464. The SMILES string of the molecule is CCC(O)C(C)(C)Cl. The van der Waals surface area contributed by atoms with Crippen molar-refractivity contribution in [2.24, 2.45) is 0 Å². The molecule has 2 heteroatoms. The standard InChI is InChI=1S/C6H13ClO/c1-4-5(8)6(2,3)7/h5,8H,4H2,1-3H3. The molecule has 0 aliphatic heterocycles. The van der Waals surface area contributed by atoms with Crippen LogP contribution in [0.2, 0.25) is 0 Å². The van der Waals surface area contributed by atoms with Gasteiger partial charge in [0.1, 0.15) is 0 Å². The number of hydrogen-bond acceptors (Lipinski definition) is 1. The van der Waals surface area contributed by atoms with Crippen LogP contribution in [0.25, 0.3) is 0 Å². The van der Waals surface area contributed by atoms with Gasteiger partial charge in [0, 0.05) is 0 Å². The second-order valence-electron chi connectivity index (χ2n) is 2.49. The molecular weight excluding hydrogens is 124 g/mol. The topological polar surface area (TPSA) is 20.2 Å². The number of hydrogen-bond donors (Lipinski definition) is 1. The molecule has 0 radical (unpaired) electrons. The molecule has 1 N–H and O–H groups in total. The van der Waals surface area contributed by atoms with E-state index in [9.17, 15) is 0 Å². The van der Waals surface area contributed by atoms with E-state index in [1.165, 1.54) is 0 Å². The molecule has 0 heterocycles. The minimum Gasteiger partial charge on any atom is -0.391 e. The average molecular weight is 137 g/mol. The number of rotatable bonds is 2. The van der Waals surface area contributed by atoms with E-state index in [0.29, 0.717) is 0 Å². The summed E-state index contributed by atoms with van der Waals surface area (Å²) < 4.78 is 0. The summed E-state index contributed by atoms with van der Waals surface area (Å²) in [6.07, 6.45) is 0.334. The molecule has 1 unspecified atom stereocenters. The maximum absolute atomic E-state index is 9.06. The Hall–Kier alpha value is 0.250. The highest BCUT2D eigenvalue weighted by atomic mass is 35.5. The van der Waals surface area contributed by atoms with Gasteiger partial charge in [0.25, 0.3) is 0 Å². The van der Waals surface area contributed by atoms with Gasteiger partial charge in [0.2, 0.25) is 0 Å². The lowest BCUT2D eigenvalue weighted by Gasteiger charge is -2.21. The highest BCUT2D eigenvalue weighted by Crippen LogP contribution is 2.19. The third kappa shape index (κ3) is 2.53. The summed E-state index contributed by atoms with van der Waals surface area (Å²) in [5, 5.41) is 9.06. The van der Waals surface area contributed by atoms with Gasteiger partial charge in [-0.15, -0.1) is 11.6 Å². The Balaban J connectivity index is 3.62. The van der Waals surface area contributed by atoms with E-state index >= 15 is 0 Å². The summed E-state index contributed by atoms with van der Waals surface area (Å²) in [7, 11) is 0. The van der Waals surface area contributed by atoms with Gasteiger partial charge in [-0.05, 0) is 20.3 Å². The number of aliphatic hydroxyl groups excluding tert-OH is 1. The van der Waals surface area contributed by atoms with E-state index in [-0.39, 0.29) is 6.10 Å². The van der Waals surface area contributed by atoms with Gasteiger partial charge in [0.05, 0.1) is 11.0 Å². The van der Waals surface area contributed by atoms with E-state index in [4.69, 9.17) is 16.7 Å². The molecule has 0 rings (SSSR count). The Bertz CT molecular complexity index is 65.4. The fraction of sp³-hybridized carbons (Fsp3) is 1.00. The van der Waals surface area contributed by atoms with Crippen LogP contribution in [0.1, 0.15) is 27.2 Å². The molecule has 0 aromatic heterocycles. The summed E-state index contributed by atoms with van der Waals surface area (Å²) in [6, 6.07) is 0. The molecule has 0 fully saturated rings. The van der Waals surface area contributed by atoms with E-state index in [1.807, 2.05) is 20.8 Å². The second kappa shape index (κ2) is 2.70. The summed E-state index contributed by atoms with van der Waals surface area (Å²) in [5.41, 5.74) is 0. The molecule has 0 amide bonds. The van der Waals surface area contributed by atoms with Crippen molar-refractivity contribution in [2.75, 3.05) is 0 Å². The Morgan fingerprint density at radius 1 is 1.62 bits per heavy atom. The first-order valence-electron chi connectivity index (χ1n) is 2.85. The zero-order chi connectivity index (χ0) is 6.78. The summed E-state index contributed by atoms with van der Waals surface area (Å²) in [5.74, 6) is 0. The van der Waals surface area contributed by atoms with Gasteiger partial charge < -0.3 is 5.11 Å². The Kier molecular flexibility index (Phi) is 2.78. The molecule has 50 valence electrons. The molecule has 1 atom stereocenters. The summed E-state index contributed by atoms with van der Waals surface area (Å²) in [6.45, 7) is 5.53. The van der Waals surface area contributed by atoms with Crippen LogP contribution in [0.15, 0.2) is 0 Å². The first-order chi connectivity index (χ1) is 3.48. The maximum Gasteiger partial charge on any atom is 0.0723 e. The van der Waals surface area contributed by atoms with Gasteiger partial charge in [0.15, 0.2) is 0 Å². The first kappa shape index (κ1) is 8.25. The average Bonchev–Trinajstić information content (AvgIpc) is 1.62. The van der Waals surface area contributed by atoms with Crippen LogP contribution in [-0.2, 0) is 0 Å². The van der Waals surface area contributed by atoms with Crippen molar-refractivity contribution < 1.29 is 5.11 Å². The molecule has 0 aromatic rings. The van der Waals surface area contributed by atoms with Crippen molar-refractivity contribution in [3.8, 4) is 0 Å². The lowest BCUT2D eigenvalue weighted by molar-refractivity contribution is 0.135. The molecule has 0 spiro atoms. The number of halogens is 1. The smallest absolute Gasteiger partial charge is 0.0723 e. The highest BCUT2D eigenvalue weighted by Gasteiger charge is 2.22. The van der Waals surface area contributed by atoms with Crippen molar-refractivity contribution in [2.45, 2.75) is 38.2 Å². The zero-order valence-corrected chi connectivity index (χ0v) is 6.37. The molecular formula is C6H13ClO. The van der Waals surface area contributed by atoms with Crippen LogP contribution in [0, 0.1) is 0 Å². The molecule has 8 heavy (non-hydrogen) atoms. The van der Waals surface area contributed by atoms with Crippen LogP contribution < -0.4 is 0 Å². The second-order valence-corrected chi connectivity index (χ2v) is 3.46. The zero-order valence-electron chi connectivity index (χ0n) is 5.61. The fourth-order valence-corrected chi connectivity index (χ4v) is 0.640. The van der Waals surface area contributed by atoms with Crippen LogP contribution in [0.3, 0.4) is 0 Å². The third-order valence-electron chi connectivity index (χ3n) is 1.18. The Morgan fingerprint density at radius 3 is 2.00 bits per heavy atom. The van der Waals surface area contributed by atoms with Gasteiger partial charge in [-0.25, -0.2) is 0 Å². The molecule has 0 aliphatic carbocycles. The van der Waals surface area contributed by atoms with Crippen molar-refractivity contribution in [3.63, 3.8) is 0 Å². The maximum atomic E-state index is 9.06. The Labute approximate surface area is 55.7 Å². The number of alkyl halides is 1. The quantitative estimate of drug-likeness (QED) is 0.574. The van der Waals surface area contributed by atoms with Crippen LogP contribution in [0.4, 0.5) is 0 Å². The molecule has 0 saturated carbocycles. The van der Waals surface area contributed by atoms with Crippen molar-refractivity contribution in [3.05, 3.63) is 0 Å². The van der Waals surface area contributed by atoms with Crippen LogP contribution >= 0.6 is 11.6 Å². The normalized spacial score (nSPS) is 16.1. The third-order valence-corrected chi connectivity index (χ3v) is 1.43. The predicted octanol–water partition coefficient (Wildman–Crippen LogP) is 1.77. The summed E-state index contributed by atoms with van der Waals surface area (Å²) in [4.78, 5) is -0.464. The van der Waals surface area contributed by atoms with Crippen LogP contribution in [0.5, 0.6) is 0 Å². The predicted molar refractivity (Wildman–Crippen MR) is 36.2 cm³/mol. The van der Waals surface area contributed by atoms with E-state index in [1.54, 1.807) is 0 Å². The number of aliphatic hydroxyl groups is 1. The summed E-state index contributed by atoms with van der Waals surface area (Å²) >= 11 is 5.73. The van der Waals surface area contributed by atoms with E-state index in [2.05, 4.69) is 0 Å². The van der Waals surface area contributed by atoms with Crippen molar-refractivity contribution >= 4 is 11.6 Å². The van der Waals surface area contributed by atoms with E-state index < -0.39 is 4.87 Å². The van der Waals surface area contributed by atoms with Gasteiger partial charge in [-0.2, -0.15) is 0 Å². The first-order valence-corrected chi connectivity index (χ1v) is 3.23. The van der Waals surface area contributed by atoms with Gasteiger partial charge >= 0.3 is 0 Å². The minimum absolute atomic E-state index is 0.385. The lowest BCUT2D eigenvalue weighted by Crippen LogP contribution is -2.28. The highest BCUT2D eigenvalue weighted by molar-refractivity contribution is 6.23. The molecule has 1 nitrogen and oxygen atoms in total. The molecule has 0 bridgehead atoms. The van der Waals surface area contributed by atoms with Crippen molar-refractivity contribution in [1.82, 2.24) is 0 Å². The van der Waals surface area contributed by atoms with Crippen molar-refractivity contribution in [1.29, 1.82) is 0 Å². The van der Waals surface area contributed by atoms with Gasteiger partial charge in [-0.1, -0.05) is 6.92 Å². The molecule has 0 aliphatic rings. The molecule has 0 saturated heterocycles.